The van der Waals surface area contributed by atoms with Crippen LogP contribution in [0.3, 0.4) is 0 Å². The highest BCUT2D eigenvalue weighted by atomic mass is 32.2. The van der Waals surface area contributed by atoms with E-state index in [0.717, 1.165) is 22.4 Å². The normalized spacial score (nSPS) is 13.2. The lowest BCUT2D eigenvalue weighted by Gasteiger charge is -2.30. The lowest BCUT2D eigenvalue weighted by atomic mass is 9.94. The molecule has 180 valence electrons. The zero-order valence-corrected chi connectivity index (χ0v) is 20.5. The van der Waals surface area contributed by atoms with Crippen LogP contribution in [-0.4, -0.2) is 21.6 Å². The average molecular weight is 487 g/mol. The Labute approximate surface area is 207 Å². The molecule has 0 heterocycles. The minimum atomic E-state index is -3.77. The molecule has 0 bridgehead atoms. The predicted octanol–water partition coefficient (Wildman–Crippen LogP) is 5.42. The van der Waals surface area contributed by atoms with Gasteiger partial charge in [-0.05, 0) is 42.3 Å². The summed E-state index contributed by atoms with van der Waals surface area (Å²) in [6, 6.07) is 35.2. The molecular weight excluding hydrogens is 456 g/mol. The van der Waals surface area contributed by atoms with Crippen LogP contribution < -0.4 is 14.8 Å². The van der Waals surface area contributed by atoms with Crippen LogP contribution >= 0.6 is 0 Å². The van der Waals surface area contributed by atoms with E-state index in [1.807, 2.05) is 97.9 Å². The minimum Gasteiger partial charge on any atom is -0.492 e. The number of para-hydroxylation sites is 1. The van der Waals surface area contributed by atoms with Crippen LogP contribution in [0.15, 0.2) is 120 Å². The number of benzene rings is 4. The summed E-state index contributed by atoms with van der Waals surface area (Å²) in [5.74, 6) is 0.797. The van der Waals surface area contributed by atoms with Gasteiger partial charge in [0.15, 0.2) is 0 Å². The number of ether oxygens (including phenoxy) is 1. The van der Waals surface area contributed by atoms with Crippen molar-refractivity contribution in [2.24, 2.45) is 0 Å². The van der Waals surface area contributed by atoms with Crippen molar-refractivity contribution in [3.8, 4) is 5.75 Å². The number of hydrogen-bond donors (Lipinski definition) is 2. The van der Waals surface area contributed by atoms with Gasteiger partial charge in [0.2, 0.25) is 10.0 Å². The van der Waals surface area contributed by atoms with Crippen LogP contribution in [-0.2, 0) is 10.0 Å². The molecule has 0 spiro atoms. The molecule has 0 unspecified atom stereocenters. The molecule has 0 saturated heterocycles. The van der Waals surface area contributed by atoms with Crippen molar-refractivity contribution in [3.05, 3.63) is 132 Å². The van der Waals surface area contributed by atoms with Crippen LogP contribution in [0.25, 0.3) is 0 Å². The summed E-state index contributed by atoms with van der Waals surface area (Å²) in [6.07, 6.45) is 0. The summed E-state index contributed by atoms with van der Waals surface area (Å²) < 4.78 is 35.7. The van der Waals surface area contributed by atoms with Crippen molar-refractivity contribution in [1.29, 1.82) is 0 Å². The molecule has 0 saturated carbocycles. The third-order valence-corrected chi connectivity index (χ3v) is 7.20. The second-order valence-corrected chi connectivity index (χ2v) is 10.0. The van der Waals surface area contributed by atoms with E-state index in [1.165, 1.54) is 0 Å². The standard InChI is InChI=1S/C29H30N2O3S/c1-23-17-19-27(20-18-23)35(32,33)31-29(25-13-7-3-8-14-25)28(24-11-5-2-6-12-24)30-21-22-34-26-15-9-4-10-16-26/h2-20,28-31H,21-22H2,1H3/t28-,29-/m1/s1. The van der Waals surface area contributed by atoms with Gasteiger partial charge in [-0.1, -0.05) is 96.6 Å². The molecule has 0 fully saturated rings. The second-order valence-electron chi connectivity index (χ2n) is 8.33. The molecular formula is C29H30N2O3S. The first-order chi connectivity index (χ1) is 17.0. The summed E-state index contributed by atoms with van der Waals surface area (Å²) in [5, 5.41) is 3.54. The Morgan fingerprint density at radius 2 is 1.20 bits per heavy atom. The van der Waals surface area contributed by atoms with Crippen LogP contribution in [0, 0.1) is 6.92 Å². The predicted molar refractivity (Wildman–Crippen MR) is 140 cm³/mol. The van der Waals surface area contributed by atoms with E-state index >= 15 is 0 Å². The maximum absolute atomic E-state index is 13.4. The Kier molecular flexibility index (Phi) is 8.32. The Bertz CT molecular complexity index is 1280. The van der Waals surface area contributed by atoms with Crippen molar-refractivity contribution in [3.63, 3.8) is 0 Å². The molecule has 0 aromatic heterocycles. The van der Waals surface area contributed by atoms with Gasteiger partial charge >= 0.3 is 0 Å². The molecule has 0 amide bonds. The number of rotatable bonds is 11. The molecule has 2 atom stereocenters. The van der Waals surface area contributed by atoms with Gasteiger partial charge in [-0.25, -0.2) is 13.1 Å². The van der Waals surface area contributed by atoms with Gasteiger partial charge in [-0.15, -0.1) is 0 Å². The highest BCUT2D eigenvalue weighted by Crippen LogP contribution is 2.30. The summed E-state index contributed by atoms with van der Waals surface area (Å²) in [4.78, 5) is 0.239. The van der Waals surface area contributed by atoms with Crippen molar-refractivity contribution >= 4 is 10.0 Å². The highest BCUT2D eigenvalue weighted by molar-refractivity contribution is 7.89. The van der Waals surface area contributed by atoms with Gasteiger partial charge in [0, 0.05) is 6.54 Å². The number of sulfonamides is 1. The molecule has 35 heavy (non-hydrogen) atoms. The van der Waals surface area contributed by atoms with Gasteiger partial charge < -0.3 is 10.1 Å². The summed E-state index contributed by atoms with van der Waals surface area (Å²) >= 11 is 0. The van der Waals surface area contributed by atoms with Crippen molar-refractivity contribution in [1.82, 2.24) is 10.0 Å². The molecule has 5 nitrogen and oxygen atoms in total. The van der Waals surface area contributed by atoms with E-state index in [2.05, 4.69) is 10.0 Å². The van der Waals surface area contributed by atoms with Crippen molar-refractivity contribution < 1.29 is 13.2 Å². The Morgan fingerprint density at radius 1 is 0.686 bits per heavy atom. The van der Waals surface area contributed by atoms with Crippen LogP contribution in [0.5, 0.6) is 5.75 Å². The maximum Gasteiger partial charge on any atom is 0.241 e. The lowest BCUT2D eigenvalue weighted by molar-refractivity contribution is 0.296. The number of aryl methyl sites for hydroxylation is 1. The molecule has 4 aromatic rings. The van der Waals surface area contributed by atoms with E-state index < -0.39 is 16.1 Å². The molecule has 4 aromatic carbocycles. The van der Waals surface area contributed by atoms with Crippen LogP contribution in [0.1, 0.15) is 28.8 Å². The Hall–Kier alpha value is -3.45. The smallest absolute Gasteiger partial charge is 0.241 e. The zero-order valence-electron chi connectivity index (χ0n) is 19.7. The van der Waals surface area contributed by atoms with Crippen LogP contribution in [0.2, 0.25) is 0 Å². The molecule has 0 aliphatic carbocycles. The van der Waals surface area contributed by atoms with Gasteiger partial charge in [0.1, 0.15) is 12.4 Å². The molecule has 6 heteroatoms. The van der Waals surface area contributed by atoms with Gasteiger partial charge in [-0.3, -0.25) is 0 Å². The topological polar surface area (TPSA) is 67.4 Å². The molecule has 2 N–H and O–H groups in total. The maximum atomic E-state index is 13.4. The van der Waals surface area contributed by atoms with E-state index in [1.54, 1.807) is 24.3 Å². The summed E-state index contributed by atoms with van der Waals surface area (Å²) in [5.41, 5.74) is 2.85. The Morgan fingerprint density at radius 3 is 1.77 bits per heavy atom. The Balaban J connectivity index is 1.61. The largest absolute Gasteiger partial charge is 0.492 e. The fourth-order valence-electron chi connectivity index (χ4n) is 3.93. The molecule has 0 aliphatic heterocycles. The first kappa shape index (κ1) is 24.7. The van der Waals surface area contributed by atoms with Crippen molar-refractivity contribution in [2.75, 3.05) is 13.2 Å². The van der Waals surface area contributed by atoms with E-state index in [4.69, 9.17) is 4.74 Å². The molecule has 0 aliphatic rings. The first-order valence-electron chi connectivity index (χ1n) is 11.6. The third kappa shape index (κ3) is 6.79. The lowest BCUT2D eigenvalue weighted by Crippen LogP contribution is -2.39. The highest BCUT2D eigenvalue weighted by Gasteiger charge is 2.29. The van der Waals surface area contributed by atoms with Gasteiger partial charge in [0.05, 0.1) is 17.0 Å². The second kappa shape index (κ2) is 11.8. The van der Waals surface area contributed by atoms with E-state index in [9.17, 15) is 8.42 Å². The van der Waals surface area contributed by atoms with Gasteiger partial charge in [-0.2, -0.15) is 0 Å². The zero-order chi connectivity index (χ0) is 24.5. The van der Waals surface area contributed by atoms with E-state index in [-0.39, 0.29) is 10.9 Å². The average Bonchev–Trinajstić information content (AvgIpc) is 2.89. The monoisotopic (exact) mass is 486 g/mol. The first-order valence-corrected chi connectivity index (χ1v) is 13.1. The third-order valence-electron chi connectivity index (χ3n) is 5.74. The fraction of sp³-hybridized carbons (Fsp3) is 0.172. The quantitative estimate of drug-likeness (QED) is 0.278. The minimum absolute atomic E-state index is 0.239. The molecule has 4 rings (SSSR count). The van der Waals surface area contributed by atoms with Crippen LogP contribution in [0.4, 0.5) is 0 Å². The molecule has 0 radical (unpaired) electrons. The summed E-state index contributed by atoms with van der Waals surface area (Å²) in [6.45, 7) is 2.91. The van der Waals surface area contributed by atoms with E-state index in [0.29, 0.717) is 13.2 Å². The summed E-state index contributed by atoms with van der Waals surface area (Å²) in [7, 11) is -3.77. The fourth-order valence-corrected chi connectivity index (χ4v) is 5.17. The van der Waals surface area contributed by atoms with Gasteiger partial charge in [0.25, 0.3) is 0 Å². The number of nitrogens with one attached hydrogen (secondary N) is 2. The SMILES string of the molecule is Cc1ccc(S(=O)(=O)N[C@H](c2ccccc2)[C@H](NCCOc2ccccc2)c2ccccc2)cc1. The van der Waals surface area contributed by atoms with Crippen molar-refractivity contribution in [2.45, 2.75) is 23.9 Å². The number of hydrogen-bond acceptors (Lipinski definition) is 4.